The topological polar surface area (TPSA) is 47.6 Å². The van der Waals surface area contributed by atoms with Crippen LogP contribution in [0.3, 0.4) is 0 Å². The molecule has 0 aliphatic carbocycles. The van der Waals surface area contributed by atoms with Gasteiger partial charge in [-0.1, -0.05) is 58.4 Å². The molecule has 0 heterocycles. The Morgan fingerprint density at radius 3 is 2.70 bits per heavy atom. The summed E-state index contributed by atoms with van der Waals surface area (Å²) in [5, 5.41) is 6.00. The number of rotatable bonds is 7. The molecule has 140 valence electrons. The quantitative estimate of drug-likeness (QED) is 0.419. The van der Waals surface area contributed by atoms with Crippen molar-refractivity contribution in [1.29, 1.82) is 0 Å². The normalized spacial score (nSPS) is 12.0. The van der Waals surface area contributed by atoms with E-state index in [0.717, 1.165) is 4.47 Å². The van der Waals surface area contributed by atoms with Gasteiger partial charge in [0, 0.05) is 17.1 Å². The van der Waals surface area contributed by atoms with E-state index in [4.69, 9.17) is 9.47 Å². The summed E-state index contributed by atoms with van der Waals surface area (Å²) >= 11 is 3.39. The zero-order valence-corrected chi connectivity index (χ0v) is 17.0. The van der Waals surface area contributed by atoms with Gasteiger partial charge in [0.1, 0.15) is 12.4 Å². The number of hydrogen-bond acceptors (Lipinski definition) is 4. The van der Waals surface area contributed by atoms with Crippen LogP contribution in [0.2, 0.25) is 0 Å². The molecule has 5 heteroatoms. The smallest absolute Gasteiger partial charge is 0.338 e. The third kappa shape index (κ3) is 4.87. The highest BCUT2D eigenvalue weighted by atomic mass is 79.9. The Kier molecular flexibility index (Phi) is 6.48. The predicted octanol–water partition coefficient (Wildman–Crippen LogP) is 5.12. The lowest BCUT2D eigenvalue weighted by atomic mass is 10.00. The van der Waals surface area contributed by atoms with E-state index in [9.17, 15) is 4.79 Å². The van der Waals surface area contributed by atoms with Crippen LogP contribution in [0.4, 0.5) is 0 Å². The Labute approximate surface area is 167 Å². The Morgan fingerprint density at radius 2 is 1.89 bits per heavy atom. The molecule has 0 radical (unpaired) electrons. The fourth-order valence-corrected chi connectivity index (χ4v) is 3.54. The monoisotopic (exact) mass is 427 g/mol. The summed E-state index contributed by atoms with van der Waals surface area (Å²) in [6, 6.07) is 20.2. The molecule has 0 bridgehead atoms. The van der Waals surface area contributed by atoms with Crippen molar-refractivity contribution in [3.63, 3.8) is 0 Å². The third-order valence-corrected chi connectivity index (χ3v) is 4.86. The van der Waals surface area contributed by atoms with Crippen LogP contribution in [0.1, 0.15) is 28.9 Å². The van der Waals surface area contributed by atoms with Gasteiger partial charge >= 0.3 is 5.97 Å². The molecule has 1 N–H and O–H groups in total. The van der Waals surface area contributed by atoms with Gasteiger partial charge in [0.15, 0.2) is 0 Å². The van der Waals surface area contributed by atoms with Crippen LogP contribution in [0.25, 0.3) is 10.8 Å². The molecule has 0 spiro atoms. The molecule has 4 nitrogen and oxygen atoms in total. The molecule has 0 unspecified atom stereocenters. The Morgan fingerprint density at radius 1 is 1.11 bits per heavy atom. The van der Waals surface area contributed by atoms with Gasteiger partial charge in [-0.25, -0.2) is 4.79 Å². The van der Waals surface area contributed by atoms with Gasteiger partial charge in [0.2, 0.25) is 0 Å². The molecule has 0 aromatic heterocycles. The average Bonchev–Trinajstić information content (AvgIpc) is 2.69. The maximum absolute atomic E-state index is 11.7. The van der Waals surface area contributed by atoms with E-state index in [2.05, 4.69) is 70.6 Å². The Bertz CT molecular complexity index is 936. The molecule has 3 aromatic carbocycles. The van der Waals surface area contributed by atoms with Crippen molar-refractivity contribution in [1.82, 2.24) is 5.32 Å². The first-order chi connectivity index (χ1) is 13.1. The minimum Gasteiger partial charge on any atom is -0.492 e. The summed E-state index contributed by atoms with van der Waals surface area (Å²) in [5.41, 5.74) is 1.72. The maximum Gasteiger partial charge on any atom is 0.338 e. The van der Waals surface area contributed by atoms with Crippen LogP contribution in [-0.4, -0.2) is 26.2 Å². The summed E-state index contributed by atoms with van der Waals surface area (Å²) in [6.45, 7) is 3.33. The highest BCUT2D eigenvalue weighted by molar-refractivity contribution is 9.10. The molecule has 3 aromatic rings. The zero-order chi connectivity index (χ0) is 19.2. The number of halogens is 1. The van der Waals surface area contributed by atoms with Gasteiger partial charge in [0.05, 0.1) is 12.7 Å². The van der Waals surface area contributed by atoms with Crippen molar-refractivity contribution < 1.29 is 14.3 Å². The van der Waals surface area contributed by atoms with Crippen LogP contribution in [0.15, 0.2) is 65.1 Å². The Hall–Kier alpha value is -2.37. The number of fused-ring (bicyclic) bond motifs is 1. The van der Waals surface area contributed by atoms with Crippen molar-refractivity contribution in [2.24, 2.45) is 0 Å². The molecule has 0 saturated heterocycles. The molecule has 1 atom stereocenters. The summed E-state index contributed by atoms with van der Waals surface area (Å²) < 4.78 is 11.3. The second-order valence-electron chi connectivity index (χ2n) is 6.26. The molecule has 3 rings (SSSR count). The highest BCUT2D eigenvalue weighted by Gasteiger charge is 2.10. The summed E-state index contributed by atoms with van der Waals surface area (Å²) in [6.07, 6.45) is 0. The van der Waals surface area contributed by atoms with Gasteiger partial charge in [-0.2, -0.15) is 0 Å². The van der Waals surface area contributed by atoms with E-state index >= 15 is 0 Å². The number of esters is 1. The average molecular weight is 428 g/mol. The first kappa shape index (κ1) is 19.4. The van der Waals surface area contributed by atoms with E-state index in [1.807, 2.05) is 6.07 Å². The Balaban J connectivity index is 1.59. The second kappa shape index (κ2) is 9.02. The first-order valence-electron chi connectivity index (χ1n) is 8.81. The van der Waals surface area contributed by atoms with E-state index < -0.39 is 0 Å². The van der Waals surface area contributed by atoms with Crippen molar-refractivity contribution >= 4 is 32.7 Å². The van der Waals surface area contributed by atoms with Crippen molar-refractivity contribution in [2.75, 3.05) is 20.3 Å². The number of ether oxygens (including phenoxy) is 2. The summed E-state index contributed by atoms with van der Waals surface area (Å²) in [5.74, 6) is 0.244. The SMILES string of the molecule is COC(=O)c1cc(Br)cc(OCCN[C@H](C)c2cccc3ccccc23)c1. The third-order valence-electron chi connectivity index (χ3n) is 4.40. The lowest BCUT2D eigenvalue weighted by Gasteiger charge is -2.17. The van der Waals surface area contributed by atoms with Gasteiger partial charge < -0.3 is 14.8 Å². The lowest BCUT2D eigenvalue weighted by molar-refractivity contribution is 0.0600. The van der Waals surface area contributed by atoms with Crippen LogP contribution < -0.4 is 10.1 Å². The van der Waals surface area contributed by atoms with Gasteiger partial charge in [-0.05, 0) is 41.5 Å². The van der Waals surface area contributed by atoms with Gasteiger partial charge in [0.25, 0.3) is 0 Å². The fraction of sp³-hybridized carbons (Fsp3) is 0.227. The molecular weight excluding hydrogens is 406 g/mol. The zero-order valence-electron chi connectivity index (χ0n) is 15.4. The summed E-state index contributed by atoms with van der Waals surface area (Å²) in [4.78, 5) is 11.7. The number of benzene rings is 3. The number of carbonyl (C=O) groups is 1. The van der Waals surface area contributed by atoms with Crippen LogP contribution in [0.5, 0.6) is 5.75 Å². The lowest BCUT2D eigenvalue weighted by Crippen LogP contribution is -2.24. The fourth-order valence-electron chi connectivity index (χ4n) is 3.06. The van der Waals surface area contributed by atoms with Crippen molar-refractivity contribution in [3.8, 4) is 5.75 Å². The number of carbonyl (C=O) groups excluding carboxylic acids is 1. The molecule has 0 saturated carbocycles. The molecule has 0 amide bonds. The van der Waals surface area contributed by atoms with Crippen LogP contribution in [-0.2, 0) is 4.74 Å². The van der Waals surface area contributed by atoms with Crippen LogP contribution in [0, 0.1) is 0 Å². The molecule has 0 aliphatic heterocycles. The standard InChI is InChI=1S/C22H22BrNO3/c1-15(20-9-5-7-16-6-3-4-8-21(16)20)24-10-11-27-19-13-17(22(25)26-2)12-18(23)14-19/h3-9,12-15,24H,10-11H2,1-2H3/t15-/m1/s1. The number of hydrogen-bond donors (Lipinski definition) is 1. The minimum atomic E-state index is -0.385. The molecule has 0 fully saturated rings. The molecule has 27 heavy (non-hydrogen) atoms. The number of nitrogens with one attached hydrogen (secondary N) is 1. The molecule has 0 aliphatic rings. The number of methoxy groups -OCH3 is 1. The van der Waals surface area contributed by atoms with E-state index in [-0.39, 0.29) is 12.0 Å². The predicted molar refractivity (Wildman–Crippen MR) is 111 cm³/mol. The second-order valence-corrected chi connectivity index (χ2v) is 7.18. The largest absolute Gasteiger partial charge is 0.492 e. The maximum atomic E-state index is 11.7. The first-order valence-corrected chi connectivity index (χ1v) is 9.60. The molecular formula is C22H22BrNO3. The highest BCUT2D eigenvalue weighted by Crippen LogP contribution is 2.24. The van der Waals surface area contributed by atoms with Gasteiger partial charge in [-0.3, -0.25) is 0 Å². The van der Waals surface area contributed by atoms with Crippen molar-refractivity contribution in [2.45, 2.75) is 13.0 Å². The summed E-state index contributed by atoms with van der Waals surface area (Å²) in [7, 11) is 1.36. The van der Waals surface area contributed by atoms with E-state index in [1.165, 1.54) is 23.4 Å². The van der Waals surface area contributed by atoms with Gasteiger partial charge in [-0.15, -0.1) is 0 Å². The van der Waals surface area contributed by atoms with Crippen molar-refractivity contribution in [3.05, 3.63) is 76.3 Å². The van der Waals surface area contributed by atoms with E-state index in [1.54, 1.807) is 12.1 Å². The van der Waals surface area contributed by atoms with Crippen LogP contribution >= 0.6 is 15.9 Å². The van der Waals surface area contributed by atoms with E-state index in [0.29, 0.717) is 24.5 Å². The minimum absolute atomic E-state index is 0.202.